The maximum Gasteiger partial charge on any atom is 0.338 e. The molecule has 0 aromatic heterocycles. The number of hydrogen-bond donors (Lipinski definition) is 0. The summed E-state index contributed by atoms with van der Waals surface area (Å²) in [6.07, 6.45) is 4.35. The van der Waals surface area contributed by atoms with Crippen LogP contribution in [0.5, 0.6) is 0 Å². The van der Waals surface area contributed by atoms with Gasteiger partial charge in [-0.1, -0.05) is 49.7 Å². The van der Waals surface area contributed by atoms with E-state index in [2.05, 4.69) is 6.92 Å². The van der Waals surface area contributed by atoms with E-state index in [1.165, 1.54) is 17.7 Å². The van der Waals surface area contributed by atoms with Gasteiger partial charge in [-0.3, -0.25) is 4.79 Å². The number of hydrogen-bond acceptors (Lipinski definition) is 5. The Labute approximate surface area is 160 Å². The number of aryl methyl sites for hydroxylation is 1. The van der Waals surface area contributed by atoms with Crippen molar-refractivity contribution in [2.24, 2.45) is 0 Å². The monoisotopic (exact) mass is 388 g/mol. The summed E-state index contributed by atoms with van der Waals surface area (Å²) in [5.74, 6) is -0.970. The number of carbonyl (C=O) groups excluding carboxylic acids is 2. The van der Waals surface area contributed by atoms with Crippen LogP contribution in [-0.2, 0) is 26.7 Å². The lowest BCUT2D eigenvalue weighted by Gasteiger charge is -2.06. The molecule has 0 aliphatic carbocycles. The van der Waals surface area contributed by atoms with Gasteiger partial charge in [0.05, 0.1) is 11.3 Å². The van der Waals surface area contributed by atoms with Gasteiger partial charge in [-0.15, -0.1) is 0 Å². The molecule has 0 fully saturated rings. The first-order chi connectivity index (χ1) is 12.8. The highest BCUT2D eigenvalue weighted by Crippen LogP contribution is 2.11. The molecule has 27 heavy (non-hydrogen) atoms. The predicted octanol–water partition coefficient (Wildman–Crippen LogP) is 3.61. The van der Waals surface area contributed by atoms with E-state index in [9.17, 15) is 18.0 Å². The molecule has 0 N–H and O–H groups in total. The molecule has 0 bridgehead atoms. The Balaban J connectivity index is 1.89. The minimum Gasteiger partial charge on any atom is -0.454 e. The smallest absolute Gasteiger partial charge is 0.338 e. The highest BCUT2D eigenvalue weighted by atomic mass is 32.2. The van der Waals surface area contributed by atoms with E-state index in [1.54, 1.807) is 24.3 Å². The van der Waals surface area contributed by atoms with E-state index >= 15 is 0 Å². The second-order valence-corrected chi connectivity index (χ2v) is 8.71. The number of ketones is 1. The van der Waals surface area contributed by atoms with E-state index in [1.807, 2.05) is 12.1 Å². The highest BCUT2D eigenvalue weighted by molar-refractivity contribution is 7.89. The Hall–Kier alpha value is -2.47. The Kier molecular flexibility index (Phi) is 7.30. The van der Waals surface area contributed by atoms with Gasteiger partial charge in [0.1, 0.15) is 0 Å². The lowest BCUT2D eigenvalue weighted by molar-refractivity contribution is 0.0474. The number of sulfone groups is 1. The third-order valence-corrected chi connectivity index (χ3v) is 4.91. The van der Waals surface area contributed by atoms with Crippen LogP contribution in [0.25, 0.3) is 0 Å². The number of carbonyl (C=O) groups is 2. The van der Waals surface area contributed by atoms with Gasteiger partial charge >= 0.3 is 5.97 Å². The molecule has 5 nitrogen and oxygen atoms in total. The van der Waals surface area contributed by atoms with Crippen molar-refractivity contribution in [3.05, 3.63) is 70.8 Å². The summed E-state index contributed by atoms with van der Waals surface area (Å²) in [6, 6.07) is 13.5. The average molecular weight is 388 g/mol. The van der Waals surface area contributed by atoms with Crippen LogP contribution in [0.15, 0.2) is 48.5 Å². The van der Waals surface area contributed by atoms with Crippen molar-refractivity contribution in [3.63, 3.8) is 0 Å². The lowest BCUT2D eigenvalue weighted by Crippen LogP contribution is -2.14. The highest BCUT2D eigenvalue weighted by Gasteiger charge is 2.13. The minimum atomic E-state index is -3.13. The molecule has 0 atom stereocenters. The van der Waals surface area contributed by atoms with Crippen LogP contribution in [-0.4, -0.2) is 33.0 Å². The van der Waals surface area contributed by atoms with Crippen LogP contribution in [0.4, 0.5) is 0 Å². The molecule has 0 unspecified atom stereocenters. The number of ether oxygens (including phenoxy) is 1. The molecular weight excluding hydrogens is 364 g/mol. The fourth-order valence-electron chi connectivity index (χ4n) is 2.58. The summed E-state index contributed by atoms with van der Waals surface area (Å²) in [6.45, 7) is 1.80. The van der Waals surface area contributed by atoms with Gasteiger partial charge in [0.15, 0.2) is 22.2 Å². The number of benzene rings is 2. The van der Waals surface area contributed by atoms with Gasteiger partial charge in [-0.25, -0.2) is 13.2 Å². The largest absolute Gasteiger partial charge is 0.454 e. The van der Waals surface area contributed by atoms with Crippen molar-refractivity contribution in [3.8, 4) is 0 Å². The molecule has 0 saturated carbocycles. The molecule has 0 aliphatic rings. The Morgan fingerprint density at radius 2 is 1.44 bits per heavy atom. The van der Waals surface area contributed by atoms with Crippen molar-refractivity contribution in [2.45, 2.75) is 31.9 Å². The normalized spacial score (nSPS) is 11.2. The van der Waals surface area contributed by atoms with E-state index in [-0.39, 0.29) is 23.7 Å². The maximum atomic E-state index is 12.2. The van der Waals surface area contributed by atoms with Gasteiger partial charge < -0.3 is 4.74 Å². The molecule has 2 rings (SSSR count). The summed E-state index contributed by atoms with van der Waals surface area (Å²) in [7, 11) is -3.13. The summed E-state index contributed by atoms with van der Waals surface area (Å²) < 4.78 is 27.6. The fourth-order valence-corrected chi connectivity index (χ4v) is 3.37. The zero-order valence-electron chi connectivity index (χ0n) is 15.6. The summed E-state index contributed by atoms with van der Waals surface area (Å²) in [4.78, 5) is 24.2. The molecule has 144 valence electrons. The Morgan fingerprint density at radius 3 is 2.00 bits per heavy atom. The Bertz CT molecular complexity index is 881. The van der Waals surface area contributed by atoms with E-state index in [0.29, 0.717) is 11.1 Å². The Morgan fingerprint density at radius 1 is 0.889 bits per heavy atom. The standard InChI is InChI=1S/C21H24O5S/c1-3-4-5-16-6-10-18(11-7-16)20(22)14-26-21(23)19-12-8-17(9-13-19)15-27(2,24)25/h6-13H,3-5,14-15H2,1-2H3. The zero-order valence-corrected chi connectivity index (χ0v) is 16.4. The van der Waals surface area contributed by atoms with E-state index in [4.69, 9.17) is 4.74 Å². The fraction of sp³-hybridized carbons (Fsp3) is 0.333. The van der Waals surface area contributed by atoms with Crippen LogP contribution in [0.1, 0.15) is 51.6 Å². The summed E-state index contributed by atoms with van der Waals surface area (Å²) >= 11 is 0. The number of Topliss-reactive ketones (excluding diaryl/α,β-unsaturated/α-hetero) is 1. The first-order valence-corrected chi connectivity index (χ1v) is 10.9. The van der Waals surface area contributed by atoms with E-state index < -0.39 is 15.8 Å². The molecule has 0 saturated heterocycles. The predicted molar refractivity (Wildman–Crippen MR) is 105 cm³/mol. The molecule has 2 aromatic carbocycles. The minimum absolute atomic E-state index is 0.0882. The average Bonchev–Trinajstić information content (AvgIpc) is 2.64. The van der Waals surface area contributed by atoms with Crippen molar-refractivity contribution >= 4 is 21.6 Å². The third-order valence-electron chi connectivity index (χ3n) is 4.05. The molecule has 0 amide bonds. The number of rotatable bonds is 9. The molecule has 6 heteroatoms. The summed E-state index contributed by atoms with van der Waals surface area (Å²) in [5, 5.41) is 0. The first-order valence-electron chi connectivity index (χ1n) is 8.84. The second-order valence-electron chi connectivity index (χ2n) is 6.57. The SMILES string of the molecule is CCCCc1ccc(C(=O)COC(=O)c2ccc(CS(C)(=O)=O)cc2)cc1. The number of unbranched alkanes of at least 4 members (excludes halogenated alkanes) is 1. The molecule has 2 aromatic rings. The van der Waals surface area contributed by atoms with E-state index in [0.717, 1.165) is 25.5 Å². The molecule has 0 spiro atoms. The van der Waals surface area contributed by atoms with Crippen LogP contribution in [0.3, 0.4) is 0 Å². The van der Waals surface area contributed by atoms with Crippen LogP contribution < -0.4 is 0 Å². The maximum absolute atomic E-state index is 12.2. The van der Waals surface area contributed by atoms with Gasteiger partial charge in [0, 0.05) is 11.8 Å². The first kappa shape index (κ1) is 20.8. The van der Waals surface area contributed by atoms with Crippen molar-refractivity contribution in [1.82, 2.24) is 0 Å². The van der Waals surface area contributed by atoms with Crippen LogP contribution in [0.2, 0.25) is 0 Å². The second kappa shape index (κ2) is 9.46. The van der Waals surface area contributed by atoms with Crippen molar-refractivity contribution < 1.29 is 22.7 Å². The molecule has 0 aliphatic heterocycles. The molecule has 0 heterocycles. The molecule has 0 radical (unpaired) electrons. The topological polar surface area (TPSA) is 77.5 Å². The van der Waals surface area contributed by atoms with Gasteiger partial charge in [-0.2, -0.15) is 0 Å². The van der Waals surface area contributed by atoms with Gasteiger partial charge in [-0.05, 0) is 36.1 Å². The third kappa shape index (κ3) is 6.98. The van der Waals surface area contributed by atoms with Gasteiger partial charge in [0.2, 0.25) is 0 Å². The lowest BCUT2D eigenvalue weighted by atomic mass is 10.0. The van der Waals surface area contributed by atoms with Crippen LogP contribution in [0, 0.1) is 0 Å². The van der Waals surface area contributed by atoms with Crippen molar-refractivity contribution in [2.75, 3.05) is 12.9 Å². The molecular formula is C21H24O5S. The van der Waals surface area contributed by atoms with Crippen molar-refractivity contribution in [1.29, 1.82) is 0 Å². The van der Waals surface area contributed by atoms with Gasteiger partial charge in [0.25, 0.3) is 0 Å². The quantitative estimate of drug-likeness (QED) is 0.484. The number of esters is 1. The van der Waals surface area contributed by atoms with Crippen LogP contribution >= 0.6 is 0 Å². The summed E-state index contributed by atoms with van der Waals surface area (Å²) in [5.41, 5.74) is 2.55. The zero-order chi connectivity index (χ0) is 19.9.